The first-order valence-corrected chi connectivity index (χ1v) is 5.09. The molecule has 1 aromatic rings. The summed E-state index contributed by atoms with van der Waals surface area (Å²) in [5, 5.41) is 0. The minimum Gasteiger partial charge on any atom is -0.491 e. The smallest absolute Gasteiger partial charge is 0.411 e. The minimum absolute atomic E-state index is 0.0823. The molecule has 0 atom stereocenters. The summed E-state index contributed by atoms with van der Waals surface area (Å²) in [4.78, 5) is 4.15. The van der Waals surface area contributed by atoms with Crippen LogP contribution < -0.4 is 4.74 Å². The van der Waals surface area contributed by atoms with Gasteiger partial charge < -0.3 is 9.47 Å². The van der Waals surface area contributed by atoms with Crippen molar-refractivity contribution in [2.45, 2.75) is 20.0 Å². The van der Waals surface area contributed by atoms with Gasteiger partial charge in [-0.3, -0.25) is 4.98 Å². The number of pyridine rings is 1. The Hall–Kier alpha value is -1.30. The molecular formula is C11H14F3NO2. The highest BCUT2D eigenvalue weighted by atomic mass is 19.4. The molecule has 1 rings (SSSR count). The Morgan fingerprint density at radius 3 is 2.24 bits per heavy atom. The highest BCUT2D eigenvalue weighted by Crippen LogP contribution is 2.15. The lowest BCUT2D eigenvalue weighted by Gasteiger charge is -2.09. The van der Waals surface area contributed by atoms with Crippen molar-refractivity contribution >= 4 is 0 Å². The van der Waals surface area contributed by atoms with E-state index in [0.29, 0.717) is 5.75 Å². The van der Waals surface area contributed by atoms with Gasteiger partial charge in [0.1, 0.15) is 19.0 Å². The van der Waals surface area contributed by atoms with E-state index in [4.69, 9.17) is 4.74 Å². The molecule has 0 radical (unpaired) electrons. The third-order valence-corrected chi connectivity index (χ3v) is 1.82. The van der Waals surface area contributed by atoms with Crippen LogP contribution in [0.1, 0.15) is 11.4 Å². The number of ether oxygens (including phenoxy) is 2. The van der Waals surface area contributed by atoms with Gasteiger partial charge in [0.05, 0.1) is 6.61 Å². The maximum Gasteiger partial charge on any atom is 0.411 e. The molecule has 3 nitrogen and oxygen atoms in total. The number of rotatable bonds is 5. The average Bonchev–Trinajstić information content (AvgIpc) is 2.13. The Bertz CT molecular complexity index is 346. The van der Waals surface area contributed by atoms with Crippen LogP contribution in [0.3, 0.4) is 0 Å². The van der Waals surface area contributed by atoms with Crippen LogP contribution in [0.2, 0.25) is 0 Å². The van der Waals surface area contributed by atoms with Crippen LogP contribution in [0.4, 0.5) is 13.2 Å². The van der Waals surface area contributed by atoms with Crippen molar-refractivity contribution < 1.29 is 22.6 Å². The molecule has 96 valence electrons. The number of aromatic nitrogens is 1. The number of nitrogens with zero attached hydrogens (tertiary/aromatic N) is 1. The van der Waals surface area contributed by atoms with Gasteiger partial charge in [-0.05, 0) is 13.8 Å². The number of aryl methyl sites for hydroxylation is 2. The highest BCUT2D eigenvalue weighted by Gasteiger charge is 2.27. The fourth-order valence-corrected chi connectivity index (χ4v) is 1.29. The van der Waals surface area contributed by atoms with Crippen LogP contribution in [0.15, 0.2) is 12.1 Å². The van der Waals surface area contributed by atoms with Gasteiger partial charge in [0.2, 0.25) is 0 Å². The zero-order valence-electron chi connectivity index (χ0n) is 9.67. The Kier molecular flexibility index (Phi) is 4.74. The summed E-state index contributed by atoms with van der Waals surface area (Å²) < 4.78 is 44.9. The van der Waals surface area contributed by atoms with Gasteiger partial charge in [0.15, 0.2) is 0 Å². The molecule has 0 spiro atoms. The molecule has 0 aliphatic carbocycles. The summed E-state index contributed by atoms with van der Waals surface area (Å²) in [6.45, 7) is 2.38. The first-order chi connectivity index (χ1) is 7.87. The van der Waals surface area contributed by atoms with E-state index >= 15 is 0 Å². The summed E-state index contributed by atoms with van der Waals surface area (Å²) in [7, 11) is 0. The van der Waals surface area contributed by atoms with Crippen molar-refractivity contribution in [1.29, 1.82) is 0 Å². The minimum atomic E-state index is -4.29. The maximum atomic E-state index is 11.7. The lowest BCUT2D eigenvalue weighted by molar-refractivity contribution is -0.175. The van der Waals surface area contributed by atoms with Gasteiger partial charge in [0, 0.05) is 23.5 Å². The molecule has 0 aromatic carbocycles. The topological polar surface area (TPSA) is 31.4 Å². The summed E-state index contributed by atoms with van der Waals surface area (Å²) in [5.74, 6) is 0.589. The average molecular weight is 249 g/mol. The highest BCUT2D eigenvalue weighted by molar-refractivity contribution is 5.25. The SMILES string of the molecule is Cc1cc(OCCOCC(F)(F)F)cc(C)n1. The van der Waals surface area contributed by atoms with Crippen molar-refractivity contribution in [2.24, 2.45) is 0 Å². The molecule has 0 fully saturated rings. The lowest BCUT2D eigenvalue weighted by atomic mass is 10.3. The van der Waals surface area contributed by atoms with Crippen molar-refractivity contribution in [3.05, 3.63) is 23.5 Å². The van der Waals surface area contributed by atoms with Crippen LogP contribution in [0, 0.1) is 13.8 Å². The molecule has 0 amide bonds. The van der Waals surface area contributed by atoms with Crippen LogP contribution in [0.5, 0.6) is 5.75 Å². The van der Waals surface area contributed by atoms with Crippen LogP contribution >= 0.6 is 0 Å². The molecule has 1 aromatic heterocycles. The predicted molar refractivity (Wildman–Crippen MR) is 56.1 cm³/mol. The molecule has 0 aliphatic heterocycles. The number of alkyl halides is 3. The molecule has 0 saturated carbocycles. The summed E-state index contributed by atoms with van der Waals surface area (Å²) in [6, 6.07) is 3.44. The van der Waals surface area contributed by atoms with E-state index < -0.39 is 12.8 Å². The Morgan fingerprint density at radius 2 is 1.71 bits per heavy atom. The quantitative estimate of drug-likeness (QED) is 0.752. The number of halogens is 3. The van der Waals surface area contributed by atoms with E-state index in [2.05, 4.69) is 9.72 Å². The van der Waals surface area contributed by atoms with E-state index in [1.54, 1.807) is 12.1 Å². The second kappa shape index (κ2) is 5.86. The molecule has 6 heteroatoms. The summed E-state index contributed by atoms with van der Waals surface area (Å²) in [6.07, 6.45) is -4.29. The standard InChI is InChI=1S/C11H14F3NO2/c1-8-5-10(6-9(2)15-8)17-4-3-16-7-11(12,13)14/h5-6H,3-4,7H2,1-2H3. The van der Waals surface area contributed by atoms with Crippen molar-refractivity contribution in [3.63, 3.8) is 0 Å². The summed E-state index contributed by atoms with van der Waals surface area (Å²) >= 11 is 0. The van der Waals surface area contributed by atoms with Gasteiger partial charge in [-0.1, -0.05) is 0 Å². The molecule has 0 aliphatic rings. The Morgan fingerprint density at radius 1 is 1.12 bits per heavy atom. The number of hydrogen-bond acceptors (Lipinski definition) is 3. The van der Waals surface area contributed by atoms with Crippen LogP contribution in [-0.4, -0.2) is 31.0 Å². The fourth-order valence-electron chi connectivity index (χ4n) is 1.29. The third-order valence-electron chi connectivity index (χ3n) is 1.82. The van der Waals surface area contributed by atoms with E-state index in [0.717, 1.165) is 11.4 Å². The monoisotopic (exact) mass is 249 g/mol. The predicted octanol–water partition coefficient (Wildman–Crippen LogP) is 2.66. The Balaban J connectivity index is 2.27. The van der Waals surface area contributed by atoms with Crippen molar-refractivity contribution in [3.8, 4) is 5.75 Å². The van der Waals surface area contributed by atoms with E-state index in [1.165, 1.54) is 0 Å². The third kappa shape index (κ3) is 6.11. The van der Waals surface area contributed by atoms with E-state index in [9.17, 15) is 13.2 Å². The molecule has 0 bridgehead atoms. The lowest BCUT2D eigenvalue weighted by Crippen LogP contribution is -2.19. The molecule has 0 saturated heterocycles. The van der Waals surface area contributed by atoms with Crippen LogP contribution in [-0.2, 0) is 4.74 Å². The molecule has 17 heavy (non-hydrogen) atoms. The largest absolute Gasteiger partial charge is 0.491 e. The zero-order valence-corrected chi connectivity index (χ0v) is 9.67. The molecule has 1 heterocycles. The van der Waals surface area contributed by atoms with Gasteiger partial charge in [0.25, 0.3) is 0 Å². The molecule has 0 N–H and O–H groups in total. The second-order valence-electron chi connectivity index (χ2n) is 3.60. The fraction of sp³-hybridized carbons (Fsp3) is 0.545. The molecule has 0 unspecified atom stereocenters. The second-order valence-corrected chi connectivity index (χ2v) is 3.60. The van der Waals surface area contributed by atoms with E-state index in [1.807, 2.05) is 13.8 Å². The van der Waals surface area contributed by atoms with E-state index in [-0.39, 0.29) is 13.2 Å². The zero-order chi connectivity index (χ0) is 12.9. The van der Waals surface area contributed by atoms with Crippen LogP contribution in [0.25, 0.3) is 0 Å². The van der Waals surface area contributed by atoms with Gasteiger partial charge in [-0.15, -0.1) is 0 Å². The van der Waals surface area contributed by atoms with Gasteiger partial charge in [-0.2, -0.15) is 13.2 Å². The van der Waals surface area contributed by atoms with Crippen molar-refractivity contribution in [1.82, 2.24) is 4.98 Å². The normalized spacial score (nSPS) is 11.6. The van der Waals surface area contributed by atoms with Gasteiger partial charge in [-0.25, -0.2) is 0 Å². The maximum absolute atomic E-state index is 11.7. The first-order valence-electron chi connectivity index (χ1n) is 5.09. The van der Waals surface area contributed by atoms with Gasteiger partial charge >= 0.3 is 6.18 Å². The van der Waals surface area contributed by atoms with Crippen molar-refractivity contribution in [2.75, 3.05) is 19.8 Å². The first kappa shape index (κ1) is 13.8. The number of hydrogen-bond donors (Lipinski definition) is 0. The summed E-state index contributed by atoms with van der Waals surface area (Å²) in [5.41, 5.74) is 1.60. The Labute approximate surface area is 97.6 Å². The molecular weight excluding hydrogens is 235 g/mol.